The quantitative estimate of drug-likeness (QED) is 0.523. The minimum absolute atomic E-state index is 0.0455. The van der Waals surface area contributed by atoms with Crippen LogP contribution in [-0.4, -0.2) is 21.6 Å². The number of nitro groups is 1. The maximum absolute atomic E-state index is 11.9. The Balaban J connectivity index is 2.64. The second-order valence-corrected chi connectivity index (χ2v) is 6.66. The Hall–Kier alpha value is -1.56. The van der Waals surface area contributed by atoms with E-state index in [1.165, 1.54) is 23.9 Å². The molecule has 19 heavy (non-hydrogen) atoms. The third-order valence-electron chi connectivity index (χ3n) is 2.23. The molecule has 1 amide bonds. The number of hydrogen-bond acceptors (Lipinski definition) is 4. The lowest BCUT2D eigenvalue weighted by atomic mass is 10.1. The molecule has 0 aliphatic carbocycles. The molecule has 0 spiro atoms. The molecule has 0 aromatic heterocycles. The van der Waals surface area contributed by atoms with E-state index in [1.807, 2.05) is 27.7 Å². The van der Waals surface area contributed by atoms with E-state index in [0.717, 1.165) is 4.90 Å². The van der Waals surface area contributed by atoms with Gasteiger partial charge in [0.05, 0.1) is 10.2 Å². The number of carbonyl (C=O) groups is 1. The lowest BCUT2D eigenvalue weighted by molar-refractivity contribution is -0.384. The van der Waals surface area contributed by atoms with Crippen molar-refractivity contribution in [2.75, 3.05) is 0 Å². The van der Waals surface area contributed by atoms with Crippen molar-refractivity contribution >= 4 is 23.4 Å². The van der Waals surface area contributed by atoms with Crippen molar-refractivity contribution < 1.29 is 9.72 Å². The first kappa shape index (κ1) is 15.5. The molecule has 1 aromatic rings. The summed E-state index contributed by atoms with van der Waals surface area (Å²) in [6.45, 7) is 7.59. The maximum Gasteiger partial charge on any atom is 0.269 e. The van der Waals surface area contributed by atoms with Crippen LogP contribution in [0.4, 0.5) is 5.69 Å². The Morgan fingerprint density at radius 2 is 1.84 bits per heavy atom. The molecule has 0 aliphatic heterocycles. The lowest BCUT2D eigenvalue weighted by Gasteiger charge is -2.23. The molecule has 0 bridgehead atoms. The van der Waals surface area contributed by atoms with Crippen LogP contribution in [0, 0.1) is 10.1 Å². The third-order valence-corrected chi connectivity index (χ3v) is 3.34. The highest BCUT2D eigenvalue weighted by molar-refractivity contribution is 8.00. The van der Waals surface area contributed by atoms with Crippen LogP contribution >= 0.6 is 11.8 Å². The molecule has 1 rings (SSSR count). The fourth-order valence-corrected chi connectivity index (χ4v) is 2.24. The summed E-state index contributed by atoms with van der Waals surface area (Å²) in [5.74, 6) is -0.0455. The van der Waals surface area contributed by atoms with Gasteiger partial charge in [0.2, 0.25) is 5.91 Å². The van der Waals surface area contributed by atoms with E-state index in [1.54, 1.807) is 12.1 Å². The van der Waals surface area contributed by atoms with Gasteiger partial charge in [0, 0.05) is 22.6 Å². The SMILES string of the molecule is CC(Sc1ccc([N+](=O)[O-])cc1)C(=O)NC(C)(C)C. The van der Waals surface area contributed by atoms with Crippen LogP contribution in [0.15, 0.2) is 29.2 Å². The summed E-state index contributed by atoms with van der Waals surface area (Å²) in [5.41, 5.74) is -0.211. The Bertz CT molecular complexity index is 466. The first-order valence-corrected chi connectivity index (χ1v) is 6.80. The number of amides is 1. The Morgan fingerprint density at radius 3 is 2.26 bits per heavy atom. The zero-order chi connectivity index (χ0) is 14.6. The van der Waals surface area contributed by atoms with Crippen molar-refractivity contribution in [3.8, 4) is 0 Å². The van der Waals surface area contributed by atoms with Gasteiger partial charge in [-0.1, -0.05) is 0 Å². The first-order valence-electron chi connectivity index (χ1n) is 5.92. The average molecular weight is 282 g/mol. The smallest absolute Gasteiger partial charge is 0.269 e. The van der Waals surface area contributed by atoms with Gasteiger partial charge < -0.3 is 5.32 Å². The van der Waals surface area contributed by atoms with Gasteiger partial charge >= 0.3 is 0 Å². The Kier molecular flexibility index (Phi) is 4.94. The summed E-state index contributed by atoms with van der Waals surface area (Å²) in [6, 6.07) is 6.20. The molecule has 6 heteroatoms. The fraction of sp³-hybridized carbons (Fsp3) is 0.462. The summed E-state index contributed by atoms with van der Waals surface area (Å²) in [5, 5.41) is 13.2. The highest BCUT2D eigenvalue weighted by atomic mass is 32.2. The van der Waals surface area contributed by atoms with E-state index in [2.05, 4.69) is 5.32 Å². The highest BCUT2D eigenvalue weighted by Crippen LogP contribution is 2.25. The van der Waals surface area contributed by atoms with Crippen LogP contribution in [0.3, 0.4) is 0 Å². The van der Waals surface area contributed by atoms with Gasteiger partial charge in [-0.05, 0) is 39.8 Å². The van der Waals surface area contributed by atoms with Crippen molar-refractivity contribution in [2.45, 2.75) is 43.4 Å². The second-order valence-electron chi connectivity index (χ2n) is 5.25. The van der Waals surface area contributed by atoms with Gasteiger partial charge in [0.1, 0.15) is 0 Å². The summed E-state index contributed by atoms with van der Waals surface area (Å²) in [6.07, 6.45) is 0. The molecule has 1 atom stereocenters. The minimum Gasteiger partial charge on any atom is -0.351 e. The highest BCUT2D eigenvalue weighted by Gasteiger charge is 2.20. The molecule has 1 aromatic carbocycles. The zero-order valence-corrected chi connectivity index (χ0v) is 12.3. The van der Waals surface area contributed by atoms with Gasteiger partial charge in [0.25, 0.3) is 5.69 Å². The molecular weight excluding hydrogens is 264 g/mol. The van der Waals surface area contributed by atoms with Crippen LogP contribution in [0.5, 0.6) is 0 Å². The Labute approximate surface area is 116 Å². The monoisotopic (exact) mass is 282 g/mol. The van der Waals surface area contributed by atoms with Gasteiger partial charge in [0.15, 0.2) is 0 Å². The summed E-state index contributed by atoms with van der Waals surface area (Å²) in [7, 11) is 0. The van der Waals surface area contributed by atoms with Gasteiger partial charge in [-0.15, -0.1) is 11.8 Å². The number of benzene rings is 1. The van der Waals surface area contributed by atoms with Gasteiger partial charge in [-0.25, -0.2) is 0 Å². The zero-order valence-electron chi connectivity index (χ0n) is 11.5. The van der Waals surface area contributed by atoms with Gasteiger partial charge in [-0.3, -0.25) is 14.9 Å². The number of non-ortho nitro benzene ring substituents is 1. The molecule has 5 nitrogen and oxygen atoms in total. The molecule has 0 saturated heterocycles. The number of nitrogens with one attached hydrogen (secondary N) is 1. The number of nitrogens with zero attached hydrogens (tertiary/aromatic N) is 1. The van der Waals surface area contributed by atoms with E-state index in [-0.39, 0.29) is 22.4 Å². The second kappa shape index (κ2) is 6.06. The van der Waals surface area contributed by atoms with Gasteiger partial charge in [-0.2, -0.15) is 0 Å². The predicted molar refractivity (Wildman–Crippen MR) is 76.3 cm³/mol. The van der Waals surface area contributed by atoms with Crippen LogP contribution < -0.4 is 5.32 Å². The van der Waals surface area contributed by atoms with E-state index < -0.39 is 4.92 Å². The summed E-state index contributed by atoms with van der Waals surface area (Å²) < 4.78 is 0. The molecular formula is C13H18N2O3S. The number of carbonyl (C=O) groups excluding carboxylic acids is 1. The van der Waals surface area contributed by atoms with Crippen LogP contribution in [0.25, 0.3) is 0 Å². The predicted octanol–water partition coefficient (Wildman–Crippen LogP) is 2.99. The largest absolute Gasteiger partial charge is 0.351 e. The molecule has 0 saturated carbocycles. The van der Waals surface area contributed by atoms with Crippen molar-refractivity contribution in [2.24, 2.45) is 0 Å². The molecule has 1 unspecified atom stereocenters. The van der Waals surface area contributed by atoms with E-state index >= 15 is 0 Å². The van der Waals surface area contributed by atoms with Crippen molar-refractivity contribution in [3.63, 3.8) is 0 Å². The number of thioether (sulfide) groups is 1. The Morgan fingerprint density at radius 1 is 1.32 bits per heavy atom. The first-order chi connectivity index (χ1) is 8.69. The number of nitro benzene ring substituents is 1. The van der Waals surface area contributed by atoms with E-state index in [9.17, 15) is 14.9 Å². The van der Waals surface area contributed by atoms with Crippen LogP contribution in [0.1, 0.15) is 27.7 Å². The normalized spacial score (nSPS) is 12.8. The topological polar surface area (TPSA) is 72.2 Å². The number of rotatable bonds is 4. The molecule has 104 valence electrons. The fourth-order valence-electron chi connectivity index (χ4n) is 1.38. The third kappa shape index (κ3) is 5.30. The molecule has 0 fully saturated rings. The van der Waals surface area contributed by atoms with E-state index in [0.29, 0.717) is 0 Å². The van der Waals surface area contributed by atoms with Crippen molar-refractivity contribution in [1.82, 2.24) is 5.32 Å². The van der Waals surface area contributed by atoms with Crippen LogP contribution in [0.2, 0.25) is 0 Å². The van der Waals surface area contributed by atoms with Crippen molar-refractivity contribution in [3.05, 3.63) is 34.4 Å². The standard InChI is InChI=1S/C13H18N2O3S/c1-9(12(16)14-13(2,3)4)19-11-7-5-10(6-8-11)15(17)18/h5-9H,1-4H3,(H,14,16). The van der Waals surface area contributed by atoms with Crippen LogP contribution in [-0.2, 0) is 4.79 Å². The summed E-state index contributed by atoms with van der Waals surface area (Å²) >= 11 is 1.38. The minimum atomic E-state index is -0.440. The molecule has 0 radical (unpaired) electrons. The molecule has 1 N–H and O–H groups in total. The maximum atomic E-state index is 11.9. The van der Waals surface area contributed by atoms with Crippen molar-refractivity contribution in [1.29, 1.82) is 0 Å². The van der Waals surface area contributed by atoms with E-state index in [4.69, 9.17) is 0 Å². The molecule has 0 heterocycles. The lowest BCUT2D eigenvalue weighted by Crippen LogP contribution is -2.44. The summed E-state index contributed by atoms with van der Waals surface area (Å²) in [4.78, 5) is 22.8. The average Bonchev–Trinajstić information content (AvgIpc) is 2.27. The molecule has 0 aliphatic rings. The number of hydrogen-bond donors (Lipinski definition) is 1.